The number of aromatic nitrogens is 1. The Hall–Kier alpha value is -4.31. The van der Waals surface area contributed by atoms with E-state index in [1.165, 1.54) is 13.8 Å². The molecule has 1 aromatic heterocycles. The molecular formula is C34H32ClFeN4O6. The molecule has 1 radical (unpaired) electrons. The van der Waals surface area contributed by atoms with Gasteiger partial charge >= 0.3 is 29.0 Å². The van der Waals surface area contributed by atoms with E-state index in [1.807, 2.05) is 20.8 Å². The van der Waals surface area contributed by atoms with Gasteiger partial charge in [0.2, 0.25) is 0 Å². The standard InChI is InChI=1S/C34H34N4O6.ClH.Fe/c1-15-21(7-9-31(41)42)27-14-28-22(8-10-32(43)44)16(2)24(36-28)12-29-34(20(6)40)18(4)26(38-29)13-30-33(19(5)39)17(3)25(37-30)11-23(15)35-27;;/h11-14H,7-10H2,1-6H3,(H4,35,36,37,38,39,40,41,42,43,44);1H;/q;;+3/p-3. The Kier molecular flexibility index (Phi) is 11.0. The Morgan fingerprint density at radius 3 is 1.98 bits per heavy atom. The molecule has 0 aliphatic carbocycles. The molecule has 0 fully saturated rings. The van der Waals surface area contributed by atoms with Gasteiger partial charge in [0.15, 0.2) is 5.78 Å². The van der Waals surface area contributed by atoms with E-state index in [4.69, 9.17) is 20.0 Å². The summed E-state index contributed by atoms with van der Waals surface area (Å²) in [5.41, 5.74) is 8.12. The number of carbonyl (C=O) groups is 3. The van der Waals surface area contributed by atoms with Crippen molar-refractivity contribution in [3.8, 4) is 0 Å². The summed E-state index contributed by atoms with van der Waals surface area (Å²) in [6.07, 6.45) is 7.21. The smallest absolute Gasteiger partial charge is 1.00 e. The van der Waals surface area contributed by atoms with Gasteiger partial charge in [-0.2, -0.15) is 0 Å². The normalized spacial score (nSPS) is 18.0. The van der Waals surface area contributed by atoms with Crippen LogP contribution in [0.15, 0.2) is 83.4 Å². The van der Waals surface area contributed by atoms with Gasteiger partial charge in [-0.1, -0.05) is 30.2 Å². The van der Waals surface area contributed by atoms with E-state index in [-0.39, 0.29) is 66.7 Å². The first-order valence-electron chi connectivity index (χ1n) is 14.3. The van der Waals surface area contributed by atoms with Crippen LogP contribution in [-0.2, 0) is 37.9 Å². The Balaban J connectivity index is 0.00000288. The number of halogens is 1. The molecule has 0 saturated carbocycles. The number of aliphatic carboxylic acids is 2. The van der Waals surface area contributed by atoms with E-state index in [9.17, 15) is 29.7 Å². The molecule has 0 aromatic carbocycles. The van der Waals surface area contributed by atoms with E-state index >= 15 is 0 Å². The number of Topliss-reactive ketones (excluding diaryl/α,β-unsaturated/α-hetero) is 1. The fourth-order valence-corrected chi connectivity index (χ4v) is 5.95. The number of aliphatic imine (C=N–C) groups is 3. The summed E-state index contributed by atoms with van der Waals surface area (Å²) >= 11 is 0. The van der Waals surface area contributed by atoms with Gasteiger partial charge < -0.3 is 32.7 Å². The zero-order valence-corrected chi connectivity index (χ0v) is 28.0. The summed E-state index contributed by atoms with van der Waals surface area (Å²) in [4.78, 5) is 55.1. The van der Waals surface area contributed by atoms with E-state index in [0.717, 1.165) is 22.3 Å². The molecule has 12 heteroatoms. The average molecular weight is 684 g/mol. The number of ketones is 1. The molecule has 5 heterocycles. The molecule has 0 unspecified atom stereocenters. The van der Waals surface area contributed by atoms with Crippen LogP contribution in [0.25, 0.3) is 12.2 Å². The van der Waals surface area contributed by atoms with Crippen LogP contribution < -0.4 is 33.2 Å². The molecule has 1 aromatic rings. The van der Waals surface area contributed by atoms with Crippen molar-refractivity contribution in [2.24, 2.45) is 15.0 Å². The predicted molar refractivity (Wildman–Crippen MR) is 165 cm³/mol. The van der Waals surface area contributed by atoms with Crippen LogP contribution in [0, 0.1) is 6.92 Å². The number of nitrogens with zero attached hydrogens (tertiary/aromatic N) is 4. The third-order valence-electron chi connectivity index (χ3n) is 8.26. The molecule has 46 heavy (non-hydrogen) atoms. The molecule has 8 bridgehead atoms. The number of allylic oxidation sites excluding steroid dienone is 9. The molecule has 239 valence electrons. The minimum Gasteiger partial charge on any atom is -1.00 e. The fraction of sp³-hybridized carbons (Fsp3) is 0.294. The SMILES string of the molecule is CC(=O)C1=C(C)C2=NC1=CC1=C(C)/C(=C(\C)[O-])C(=N1)C=C1N=C(C=c3[n-]c(c(C)c3CCC(=O)O)=C2)C(CCC(=O)O)=C1C.[Cl-].[Fe+3]. The number of hydrogen-bond donors (Lipinski definition) is 2. The number of rotatable bonds is 7. The van der Waals surface area contributed by atoms with Gasteiger partial charge in [-0.15, -0.1) is 16.5 Å². The fourth-order valence-electron chi connectivity index (χ4n) is 5.95. The zero-order chi connectivity index (χ0) is 32.0. The van der Waals surface area contributed by atoms with Crippen molar-refractivity contribution < 1.29 is 59.2 Å². The number of carboxylic acid groups (broad SMARTS) is 2. The summed E-state index contributed by atoms with van der Waals surface area (Å²) in [7, 11) is 0. The topological polar surface area (TPSA) is 166 Å². The van der Waals surface area contributed by atoms with Gasteiger partial charge in [0.1, 0.15) is 0 Å². The van der Waals surface area contributed by atoms with Crippen LogP contribution in [-0.4, -0.2) is 45.1 Å². The van der Waals surface area contributed by atoms with Gasteiger partial charge in [0, 0.05) is 18.4 Å². The van der Waals surface area contributed by atoms with Gasteiger partial charge in [-0.3, -0.25) is 14.4 Å². The monoisotopic (exact) mass is 683 g/mol. The molecule has 0 atom stereocenters. The predicted octanol–water partition coefficient (Wildman–Crippen LogP) is -0.328. The molecule has 5 rings (SSSR count). The average Bonchev–Trinajstić information content (AvgIpc) is 3.59. The Labute approximate surface area is 282 Å². The molecule has 0 amide bonds. The first kappa shape index (κ1) is 36.2. The zero-order valence-electron chi connectivity index (χ0n) is 26.2. The first-order chi connectivity index (χ1) is 20.8. The van der Waals surface area contributed by atoms with Crippen molar-refractivity contribution in [3.05, 3.63) is 90.3 Å². The maximum absolute atomic E-state index is 12.8. The Bertz CT molecular complexity index is 1990. The van der Waals surface area contributed by atoms with E-state index < -0.39 is 11.9 Å². The summed E-state index contributed by atoms with van der Waals surface area (Å²) in [5.74, 6) is -2.24. The molecule has 4 aliphatic rings. The molecule has 0 saturated heterocycles. The van der Waals surface area contributed by atoms with Crippen LogP contribution in [0.3, 0.4) is 0 Å². The van der Waals surface area contributed by atoms with Gasteiger partial charge in [-0.05, 0) is 87.5 Å². The van der Waals surface area contributed by atoms with Crippen molar-refractivity contribution in [1.29, 1.82) is 0 Å². The quantitative estimate of drug-likeness (QED) is 0.294. The molecule has 10 nitrogen and oxygen atoms in total. The van der Waals surface area contributed by atoms with Gasteiger partial charge in [0.05, 0.1) is 34.2 Å². The molecular weight excluding hydrogens is 652 g/mol. The maximum atomic E-state index is 12.8. The van der Waals surface area contributed by atoms with Crippen molar-refractivity contribution in [2.45, 2.75) is 67.2 Å². The summed E-state index contributed by atoms with van der Waals surface area (Å²) < 4.78 is 0. The second-order valence-electron chi connectivity index (χ2n) is 11.2. The van der Waals surface area contributed by atoms with Crippen LogP contribution in [0.5, 0.6) is 0 Å². The minimum atomic E-state index is -0.948. The van der Waals surface area contributed by atoms with Crippen LogP contribution in [0.4, 0.5) is 0 Å². The summed E-state index contributed by atoms with van der Waals surface area (Å²) in [5, 5.41) is 32.8. The summed E-state index contributed by atoms with van der Waals surface area (Å²) in [6, 6.07) is 0. The van der Waals surface area contributed by atoms with E-state index in [2.05, 4.69) is 0 Å². The van der Waals surface area contributed by atoms with Crippen LogP contribution >= 0.6 is 0 Å². The second kappa shape index (κ2) is 14.0. The molecule has 4 aliphatic heterocycles. The third-order valence-corrected chi connectivity index (χ3v) is 8.26. The number of carbonyl (C=O) groups excluding carboxylic acids is 1. The van der Waals surface area contributed by atoms with E-state index in [1.54, 1.807) is 31.2 Å². The summed E-state index contributed by atoms with van der Waals surface area (Å²) in [6.45, 7) is 10.3. The van der Waals surface area contributed by atoms with Crippen molar-refractivity contribution >= 4 is 47.0 Å². The van der Waals surface area contributed by atoms with Gasteiger partial charge in [0.25, 0.3) is 0 Å². The van der Waals surface area contributed by atoms with E-state index in [0.29, 0.717) is 67.2 Å². The third kappa shape index (κ3) is 6.77. The first-order valence-corrected chi connectivity index (χ1v) is 14.3. The van der Waals surface area contributed by atoms with Crippen molar-refractivity contribution in [2.75, 3.05) is 0 Å². The second-order valence-corrected chi connectivity index (χ2v) is 11.2. The van der Waals surface area contributed by atoms with Crippen LogP contribution in [0.1, 0.15) is 65.0 Å². The largest absolute Gasteiger partial charge is 3.00 e. The number of carboxylic acids is 2. The number of hydrogen-bond acceptors (Lipinski definition) is 7. The van der Waals surface area contributed by atoms with Crippen LogP contribution in [0.2, 0.25) is 0 Å². The van der Waals surface area contributed by atoms with Gasteiger partial charge in [-0.25, -0.2) is 15.0 Å². The molecule has 2 N–H and O–H groups in total. The Morgan fingerprint density at radius 2 is 1.37 bits per heavy atom. The Morgan fingerprint density at radius 1 is 0.761 bits per heavy atom. The maximum Gasteiger partial charge on any atom is 3.00 e. The van der Waals surface area contributed by atoms with Crippen molar-refractivity contribution in [3.63, 3.8) is 0 Å². The van der Waals surface area contributed by atoms with Crippen molar-refractivity contribution in [1.82, 2.24) is 4.98 Å². The number of fused-ring (bicyclic) bond motifs is 5. The molecule has 0 spiro atoms. The minimum absolute atomic E-state index is 0.